The molecule has 2 aliphatic heterocycles. The highest BCUT2D eigenvalue weighted by Crippen LogP contribution is 2.34. The Kier molecular flexibility index (Phi) is 6.02. The summed E-state index contributed by atoms with van der Waals surface area (Å²) in [7, 11) is 0. The van der Waals surface area contributed by atoms with Gasteiger partial charge in [0.1, 0.15) is 5.82 Å². The normalized spacial score (nSPS) is 18.7. The topological polar surface area (TPSA) is 109 Å². The number of carbonyl (C=O) groups is 1. The van der Waals surface area contributed by atoms with Crippen molar-refractivity contribution < 1.29 is 18.0 Å². The van der Waals surface area contributed by atoms with Gasteiger partial charge in [0, 0.05) is 30.3 Å². The van der Waals surface area contributed by atoms with Crippen molar-refractivity contribution in [2.45, 2.75) is 24.9 Å². The first kappa shape index (κ1) is 23.7. The van der Waals surface area contributed by atoms with E-state index in [9.17, 15) is 13.6 Å². The van der Waals surface area contributed by atoms with E-state index in [-0.39, 0.29) is 18.3 Å². The highest BCUT2D eigenvalue weighted by atomic mass is 19.3. The average molecular weight is 516 g/mol. The van der Waals surface area contributed by atoms with Gasteiger partial charge in [-0.15, -0.1) is 5.10 Å². The zero-order valence-electron chi connectivity index (χ0n) is 20.1. The van der Waals surface area contributed by atoms with Crippen LogP contribution in [0.15, 0.2) is 82.3 Å². The molecule has 4 aromatic rings. The Bertz CT molecular complexity index is 1510. The Morgan fingerprint density at radius 3 is 2.63 bits per heavy atom. The number of amides is 1. The monoisotopic (exact) mass is 515 g/mol. The van der Waals surface area contributed by atoms with Crippen LogP contribution in [0.1, 0.15) is 24.0 Å². The number of pyridine rings is 1. The zero-order valence-corrected chi connectivity index (χ0v) is 20.1. The van der Waals surface area contributed by atoms with Gasteiger partial charge < -0.3 is 20.0 Å². The summed E-state index contributed by atoms with van der Waals surface area (Å²) in [6.45, 7) is 0.00860. The summed E-state index contributed by atoms with van der Waals surface area (Å²) in [5, 5.41) is 13.9. The van der Waals surface area contributed by atoms with Gasteiger partial charge in [-0.2, -0.15) is 0 Å². The highest BCUT2D eigenvalue weighted by Gasteiger charge is 2.37. The number of benzene rings is 2. The van der Waals surface area contributed by atoms with Crippen molar-refractivity contribution in [1.82, 2.24) is 15.2 Å². The first-order valence-corrected chi connectivity index (χ1v) is 12.2. The van der Waals surface area contributed by atoms with Gasteiger partial charge in [0.05, 0.1) is 23.5 Å². The number of rotatable bonds is 5. The number of aliphatic imine (C=N–C) groups is 1. The molecular weight excluding hydrogens is 492 g/mol. The number of nitrogens with one attached hydrogen (secondary N) is 2. The molecule has 0 aliphatic carbocycles. The smallest absolute Gasteiger partial charge is 0.317 e. The van der Waals surface area contributed by atoms with Crippen LogP contribution in [0.3, 0.4) is 0 Å². The summed E-state index contributed by atoms with van der Waals surface area (Å²) in [6, 6.07) is 20.3. The maximum absolute atomic E-state index is 14.1. The summed E-state index contributed by atoms with van der Waals surface area (Å²) >= 11 is 0. The van der Waals surface area contributed by atoms with Crippen LogP contribution in [0, 0.1) is 0 Å². The number of alkyl halides is 2. The van der Waals surface area contributed by atoms with Crippen molar-refractivity contribution >= 4 is 29.1 Å². The fourth-order valence-electron chi connectivity index (χ4n) is 4.65. The lowest BCUT2D eigenvalue weighted by molar-refractivity contribution is -0.116. The molecule has 0 saturated carbocycles. The van der Waals surface area contributed by atoms with Crippen LogP contribution in [0.4, 0.5) is 26.3 Å². The van der Waals surface area contributed by atoms with Gasteiger partial charge in [0.15, 0.2) is 0 Å². The van der Waals surface area contributed by atoms with E-state index in [1.807, 2.05) is 54.6 Å². The third-order valence-electron chi connectivity index (χ3n) is 6.39. The van der Waals surface area contributed by atoms with Gasteiger partial charge in [-0.3, -0.25) is 4.79 Å². The second-order valence-corrected chi connectivity index (χ2v) is 9.09. The average Bonchev–Trinajstić information content (AvgIpc) is 3.34. The minimum atomic E-state index is -2.80. The molecule has 2 aromatic heterocycles. The van der Waals surface area contributed by atoms with Crippen molar-refractivity contribution in [3.05, 3.63) is 84.1 Å². The SMILES string of the molecule is O=C1Nc2ccccc2C(c2ccccc2)=NC1Nc1nnc(-c2cccnc2N2CCCC(F)(F)C2)o1. The summed E-state index contributed by atoms with van der Waals surface area (Å²) < 4.78 is 34.0. The van der Waals surface area contributed by atoms with E-state index in [2.05, 4.69) is 25.8 Å². The Balaban J connectivity index is 1.31. The van der Waals surface area contributed by atoms with Gasteiger partial charge in [0.2, 0.25) is 6.17 Å². The van der Waals surface area contributed by atoms with Crippen LogP contribution in [-0.2, 0) is 4.79 Å². The van der Waals surface area contributed by atoms with Gasteiger partial charge in [-0.1, -0.05) is 53.6 Å². The number of aromatic nitrogens is 3. The summed E-state index contributed by atoms with van der Waals surface area (Å²) in [6.07, 6.45) is 0.661. The van der Waals surface area contributed by atoms with Crippen molar-refractivity contribution in [1.29, 1.82) is 0 Å². The van der Waals surface area contributed by atoms with Crippen LogP contribution in [-0.4, -0.2) is 52.0 Å². The van der Waals surface area contributed by atoms with E-state index in [0.29, 0.717) is 35.7 Å². The Labute approximate surface area is 216 Å². The first-order valence-electron chi connectivity index (χ1n) is 12.2. The van der Waals surface area contributed by atoms with Crippen LogP contribution >= 0.6 is 0 Å². The lowest BCUT2D eigenvalue weighted by Gasteiger charge is -2.33. The Hall–Kier alpha value is -4.67. The fraction of sp³-hybridized carbons (Fsp3) is 0.222. The van der Waals surface area contributed by atoms with Crippen molar-refractivity contribution in [2.75, 3.05) is 28.6 Å². The third-order valence-corrected chi connectivity index (χ3v) is 6.39. The zero-order chi connectivity index (χ0) is 26.1. The standard InChI is InChI=1S/C27H23F2N7O2/c28-27(29)13-7-15-36(16-27)23-19(11-6-14-30-23)25-34-35-26(38-25)33-22-24(37)31-20-12-5-4-10-18(20)21(32-22)17-8-2-1-3-9-17/h1-6,8-12,14,22H,7,13,15-16H2,(H,31,37)(H,33,35). The Morgan fingerprint density at radius 1 is 1.00 bits per heavy atom. The molecule has 0 radical (unpaired) electrons. The van der Waals surface area contributed by atoms with E-state index in [1.165, 1.54) is 11.1 Å². The van der Waals surface area contributed by atoms with Gasteiger partial charge >= 0.3 is 6.01 Å². The third kappa shape index (κ3) is 4.70. The molecule has 192 valence electrons. The van der Waals surface area contributed by atoms with E-state index in [0.717, 1.165) is 11.1 Å². The van der Waals surface area contributed by atoms with Crippen molar-refractivity contribution in [3.8, 4) is 11.5 Å². The molecule has 2 N–H and O–H groups in total. The van der Waals surface area contributed by atoms with E-state index in [4.69, 9.17) is 9.41 Å². The second-order valence-electron chi connectivity index (χ2n) is 9.09. The van der Waals surface area contributed by atoms with Crippen molar-refractivity contribution in [2.24, 2.45) is 4.99 Å². The quantitative estimate of drug-likeness (QED) is 0.400. The molecule has 38 heavy (non-hydrogen) atoms. The number of piperidine rings is 1. The number of para-hydroxylation sites is 1. The molecule has 1 saturated heterocycles. The molecule has 1 amide bonds. The number of anilines is 3. The van der Waals surface area contributed by atoms with E-state index >= 15 is 0 Å². The maximum Gasteiger partial charge on any atom is 0.317 e. The summed E-state index contributed by atoms with van der Waals surface area (Å²) in [5.74, 6) is -2.77. The number of benzodiazepines with no additional fused rings is 1. The molecule has 4 heterocycles. The number of nitrogens with zero attached hydrogens (tertiary/aromatic N) is 5. The predicted molar refractivity (Wildman–Crippen MR) is 138 cm³/mol. The van der Waals surface area contributed by atoms with Crippen LogP contribution < -0.4 is 15.5 Å². The second kappa shape index (κ2) is 9.66. The summed E-state index contributed by atoms with van der Waals surface area (Å²) in [4.78, 5) is 23.7. The predicted octanol–water partition coefficient (Wildman–Crippen LogP) is 4.59. The van der Waals surface area contributed by atoms with Gasteiger partial charge in [-0.25, -0.2) is 18.8 Å². The molecule has 0 spiro atoms. The number of halogens is 2. The maximum atomic E-state index is 14.1. The first-order chi connectivity index (χ1) is 18.5. The van der Waals surface area contributed by atoms with Gasteiger partial charge in [0.25, 0.3) is 17.7 Å². The van der Waals surface area contributed by atoms with Crippen LogP contribution in [0.25, 0.3) is 11.5 Å². The molecule has 6 rings (SSSR count). The lowest BCUT2D eigenvalue weighted by Crippen LogP contribution is -2.43. The minimum Gasteiger partial charge on any atom is -0.403 e. The highest BCUT2D eigenvalue weighted by molar-refractivity contribution is 6.19. The lowest BCUT2D eigenvalue weighted by atomic mass is 10.0. The van der Waals surface area contributed by atoms with E-state index in [1.54, 1.807) is 12.1 Å². The molecule has 1 atom stereocenters. The number of hydrogen-bond donors (Lipinski definition) is 2. The molecule has 11 heteroatoms. The molecule has 2 aromatic carbocycles. The molecule has 2 aliphatic rings. The van der Waals surface area contributed by atoms with Crippen LogP contribution in [0.2, 0.25) is 0 Å². The number of fused-ring (bicyclic) bond motifs is 1. The molecule has 1 fully saturated rings. The van der Waals surface area contributed by atoms with Crippen molar-refractivity contribution in [3.63, 3.8) is 0 Å². The largest absolute Gasteiger partial charge is 0.403 e. The van der Waals surface area contributed by atoms with Gasteiger partial charge in [-0.05, 0) is 24.6 Å². The molecule has 0 bridgehead atoms. The van der Waals surface area contributed by atoms with E-state index < -0.39 is 24.5 Å². The molecular formula is C27H23F2N7O2. The molecule has 9 nitrogen and oxygen atoms in total. The van der Waals surface area contributed by atoms with Crippen LogP contribution in [0.5, 0.6) is 0 Å². The Morgan fingerprint density at radius 2 is 1.79 bits per heavy atom. The summed E-state index contributed by atoms with van der Waals surface area (Å²) in [5.41, 5.74) is 3.30. The molecule has 1 unspecified atom stereocenters. The number of hydrogen-bond acceptors (Lipinski definition) is 8. The fourth-order valence-corrected chi connectivity index (χ4v) is 4.65. The minimum absolute atomic E-state index is 0.0407. The number of carbonyl (C=O) groups excluding carboxylic acids is 1.